The van der Waals surface area contributed by atoms with Crippen LogP contribution in [0, 0.1) is 0 Å². The maximum Gasteiger partial charge on any atom is 0.407 e. The van der Waals surface area contributed by atoms with Gasteiger partial charge < -0.3 is 43.3 Å². The third-order valence-electron chi connectivity index (χ3n) is 9.14. The first-order valence-electron chi connectivity index (χ1n) is 17.8. The molecule has 7 atom stereocenters. The lowest BCUT2D eigenvalue weighted by molar-refractivity contribution is -0.171. The van der Waals surface area contributed by atoms with Crippen molar-refractivity contribution in [2.24, 2.45) is 0 Å². The summed E-state index contributed by atoms with van der Waals surface area (Å²) in [6.07, 6.45) is 16.5. The van der Waals surface area contributed by atoms with Crippen LogP contribution in [0.15, 0.2) is 28.9 Å². The predicted molar refractivity (Wildman–Crippen MR) is 178 cm³/mol. The summed E-state index contributed by atoms with van der Waals surface area (Å²) in [4.78, 5) is 41.5. The van der Waals surface area contributed by atoms with E-state index in [9.17, 15) is 19.5 Å². The number of alkyl carbamates (subject to hydrolysis) is 1. The van der Waals surface area contributed by atoms with Crippen LogP contribution >= 0.6 is 0 Å². The van der Waals surface area contributed by atoms with Crippen LogP contribution in [0.4, 0.5) is 4.79 Å². The number of aliphatic hydroxyl groups is 1. The molecular formula is C36H54N2O11. The van der Waals surface area contributed by atoms with E-state index < -0.39 is 24.3 Å². The van der Waals surface area contributed by atoms with E-state index in [4.69, 9.17) is 28.1 Å². The average Bonchev–Trinajstić information content (AvgIpc) is 3.53. The lowest BCUT2D eigenvalue weighted by atomic mass is 9.91. The molecule has 0 saturated carbocycles. The molecule has 2 N–H and O–H groups in total. The molecule has 4 heterocycles. The Labute approximate surface area is 289 Å². The molecule has 3 saturated heterocycles. The van der Waals surface area contributed by atoms with Crippen molar-refractivity contribution < 1.29 is 52.3 Å². The van der Waals surface area contributed by atoms with Crippen molar-refractivity contribution in [3.05, 3.63) is 36.1 Å². The number of nitrogens with one attached hydrogen (secondary N) is 1. The molecule has 0 radical (unpaired) electrons. The lowest BCUT2D eigenvalue weighted by Crippen LogP contribution is -2.42. The van der Waals surface area contributed by atoms with Gasteiger partial charge in [0.1, 0.15) is 18.5 Å². The molecule has 4 bridgehead atoms. The number of unbranched alkanes of at least 4 members (excludes halogenated alkanes) is 2. The zero-order valence-electron chi connectivity index (χ0n) is 28.9. The van der Waals surface area contributed by atoms with E-state index in [0.29, 0.717) is 44.4 Å². The molecule has 13 heteroatoms. The summed E-state index contributed by atoms with van der Waals surface area (Å²) in [7, 11) is 3.00. The summed E-state index contributed by atoms with van der Waals surface area (Å²) in [6, 6.07) is 0. The molecule has 0 aromatic carbocycles. The first-order valence-corrected chi connectivity index (χ1v) is 17.8. The van der Waals surface area contributed by atoms with Gasteiger partial charge in [-0.25, -0.2) is 14.6 Å². The number of allylic oxidation sites excluding steroid dienone is 1. The molecule has 2 unspecified atom stereocenters. The van der Waals surface area contributed by atoms with Crippen LogP contribution in [-0.2, 0) is 44.4 Å². The highest BCUT2D eigenvalue weighted by Gasteiger charge is 2.37. The number of nitrogens with zero attached hydrogens (tertiary/aromatic N) is 1. The van der Waals surface area contributed by atoms with Gasteiger partial charge >= 0.3 is 18.0 Å². The average molecular weight is 691 g/mol. The lowest BCUT2D eigenvalue weighted by Gasteiger charge is -2.38. The summed E-state index contributed by atoms with van der Waals surface area (Å²) >= 11 is 0. The van der Waals surface area contributed by atoms with E-state index in [2.05, 4.69) is 15.0 Å². The summed E-state index contributed by atoms with van der Waals surface area (Å²) in [6.45, 7) is 0.437. The second-order valence-electron chi connectivity index (χ2n) is 13.1. The third-order valence-corrected chi connectivity index (χ3v) is 9.14. The number of oxazole rings is 1. The van der Waals surface area contributed by atoms with Gasteiger partial charge in [-0.1, -0.05) is 18.6 Å². The maximum absolute atomic E-state index is 13.2. The van der Waals surface area contributed by atoms with E-state index in [-0.39, 0.29) is 56.1 Å². The van der Waals surface area contributed by atoms with Crippen LogP contribution in [0.3, 0.4) is 0 Å². The number of fused-ring (bicyclic) bond motifs is 4. The van der Waals surface area contributed by atoms with Crippen LogP contribution in [0.1, 0.15) is 101 Å². The Morgan fingerprint density at radius 3 is 2.53 bits per heavy atom. The van der Waals surface area contributed by atoms with Gasteiger partial charge in [-0.3, -0.25) is 4.79 Å². The standard InChI is InChI=1S/C36H54N2O11/c1-43-29-19-27-13-8-12-26(46-27)18-28(11-4-3-7-17-39)48-35(41)23-32-22-31(21-30(20-29)47-32)49-34(40)15-6-5-10-25-24-45-33(38-25)14-9-16-37-36(42)44-2/h6,9,14-15,24,26-32,39H,3-5,7-8,10-13,16-23H2,1-2H3,(H,37,42)/b14-9-,15-6-/t26-,27?,28-,29+,30?,31+,32-/m0/s1. The topological polar surface area (TPSA) is 165 Å². The molecule has 3 fully saturated rings. The number of carbonyl (C=O) groups excluding carboxylic acids is 3. The molecule has 1 aromatic rings. The third kappa shape index (κ3) is 14.2. The summed E-state index contributed by atoms with van der Waals surface area (Å²) in [5, 5.41) is 11.7. The Morgan fingerprint density at radius 1 is 0.980 bits per heavy atom. The van der Waals surface area contributed by atoms with Crippen LogP contribution < -0.4 is 5.32 Å². The van der Waals surface area contributed by atoms with Gasteiger partial charge in [0.25, 0.3) is 0 Å². The Morgan fingerprint density at radius 2 is 1.73 bits per heavy atom. The predicted octanol–water partition coefficient (Wildman–Crippen LogP) is 4.98. The first kappa shape index (κ1) is 38.5. The molecule has 0 spiro atoms. The molecular weight excluding hydrogens is 636 g/mol. The SMILES string of the molecule is COC(=O)NC/C=C\c1nc(CC/C=C\C(=O)O[C@@H]2CC3C[C@H](OC)CC4CCC[C@@H](C[C@H](CCCCCO)OC(=O)C[C@H](C2)O3)O4)co1. The highest BCUT2D eigenvalue weighted by atomic mass is 16.6. The molecule has 1 amide bonds. The number of aliphatic hydroxyl groups excluding tert-OH is 1. The van der Waals surface area contributed by atoms with Crippen molar-refractivity contribution in [3.8, 4) is 0 Å². The zero-order chi connectivity index (χ0) is 34.8. The quantitative estimate of drug-likeness (QED) is 0.117. The number of carbonyl (C=O) groups is 3. The number of aryl methyl sites for hydroxylation is 1. The fourth-order valence-corrected chi connectivity index (χ4v) is 6.75. The minimum absolute atomic E-state index is 0.0428. The minimum atomic E-state index is -0.520. The number of cyclic esters (lactones) is 1. The Kier molecular flexibility index (Phi) is 16.6. The molecule has 13 nitrogen and oxygen atoms in total. The monoisotopic (exact) mass is 690 g/mol. The first-order chi connectivity index (χ1) is 23.8. The van der Waals surface area contributed by atoms with Gasteiger partial charge in [-0.05, 0) is 70.3 Å². The van der Waals surface area contributed by atoms with Crippen LogP contribution in [0.2, 0.25) is 0 Å². The number of rotatable bonds is 14. The number of hydrogen-bond acceptors (Lipinski definition) is 12. The largest absolute Gasteiger partial charge is 0.462 e. The normalized spacial score (nSPS) is 28.1. The second kappa shape index (κ2) is 21.1. The molecule has 3 aliphatic rings. The molecule has 0 aliphatic carbocycles. The smallest absolute Gasteiger partial charge is 0.407 e. The van der Waals surface area contributed by atoms with E-state index in [1.807, 2.05) is 0 Å². The Hall–Kier alpha value is -3.26. The maximum atomic E-state index is 13.2. The van der Waals surface area contributed by atoms with E-state index >= 15 is 0 Å². The summed E-state index contributed by atoms with van der Waals surface area (Å²) in [5.74, 6) is -0.356. The molecule has 49 heavy (non-hydrogen) atoms. The van der Waals surface area contributed by atoms with E-state index in [1.165, 1.54) is 13.2 Å². The van der Waals surface area contributed by atoms with Crippen molar-refractivity contribution in [3.63, 3.8) is 0 Å². The molecule has 3 aliphatic heterocycles. The van der Waals surface area contributed by atoms with Gasteiger partial charge in [-0.2, -0.15) is 0 Å². The van der Waals surface area contributed by atoms with Crippen molar-refractivity contribution >= 4 is 24.1 Å². The number of aromatic nitrogens is 1. The molecule has 274 valence electrons. The molecule has 4 rings (SSSR count). The van der Waals surface area contributed by atoms with Crippen molar-refractivity contribution in [2.45, 2.75) is 139 Å². The number of ether oxygens (including phenoxy) is 6. The van der Waals surface area contributed by atoms with Gasteiger partial charge in [-0.15, -0.1) is 0 Å². The van der Waals surface area contributed by atoms with E-state index in [1.54, 1.807) is 31.6 Å². The van der Waals surface area contributed by atoms with Crippen molar-refractivity contribution in [1.82, 2.24) is 10.3 Å². The fraction of sp³-hybridized carbons (Fsp3) is 0.722. The zero-order valence-corrected chi connectivity index (χ0v) is 28.9. The number of hydrogen-bond donors (Lipinski definition) is 2. The Balaban J connectivity index is 1.31. The Bertz CT molecular complexity index is 1220. The van der Waals surface area contributed by atoms with Crippen LogP contribution in [0.5, 0.6) is 0 Å². The number of methoxy groups -OCH3 is 2. The van der Waals surface area contributed by atoms with Crippen molar-refractivity contribution in [1.29, 1.82) is 0 Å². The highest BCUT2D eigenvalue weighted by molar-refractivity contribution is 5.82. The number of esters is 2. The van der Waals surface area contributed by atoms with E-state index in [0.717, 1.165) is 57.1 Å². The highest BCUT2D eigenvalue weighted by Crippen LogP contribution is 2.32. The van der Waals surface area contributed by atoms with Crippen LogP contribution in [-0.4, -0.2) is 98.2 Å². The van der Waals surface area contributed by atoms with Gasteiger partial charge in [0.15, 0.2) is 0 Å². The van der Waals surface area contributed by atoms with Crippen LogP contribution in [0.25, 0.3) is 6.08 Å². The summed E-state index contributed by atoms with van der Waals surface area (Å²) in [5.41, 5.74) is 0.731. The van der Waals surface area contributed by atoms with Crippen molar-refractivity contribution in [2.75, 3.05) is 27.4 Å². The fourth-order valence-electron chi connectivity index (χ4n) is 6.75. The minimum Gasteiger partial charge on any atom is -0.462 e. The second-order valence-corrected chi connectivity index (χ2v) is 13.1. The van der Waals surface area contributed by atoms with Gasteiger partial charge in [0, 0.05) is 45.6 Å². The summed E-state index contributed by atoms with van der Waals surface area (Å²) < 4.78 is 40.6. The van der Waals surface area contributed by atoms with Gasteiger partial charge in [0.2, 0.25) is 5.89 Å². The van der Waals surface area contributed by atoms with Gasteiger partial charge in [0.05, 0.1) is 49.7 Å². The molecule has 1 aromatic heterocycles. The number of amides is 1.